The van der Waals surface area contributed by atoms with Crippen molar-refractivity contribution in [1.82, 2.24) is 0 Å². The normalized spacial score (nSPS) is 22.4. The highest BCUT2D eigenvalue weighted by atomic mass is 32.2. The minimum Gasteiger partial charge on any atom is -0.382 e. The van der Waals surface area contributed by atoms with Crippen molar-refractivity contribution >= 4 is 16.5 Å². The number of anilines is 1. The van der Waals surface area contributed by atoms with Gasteiger partial charge in [-0.25, -0.2) is 0 Å². The Morgan fingerprint density at radius 2 is 1.45 bits per heavy atom. The van der Waals surface area contributed by atoms with Crippen LogP contribution in [0.1, 0.15) is 12.8 Å². The number of hydrogen-bond donors (Lipinski definition) is 1. The van der Waals surface area contributed by atoms with Gasteiger partial charge in [-0.1, -0.05) is 42.5 Å². The van der Waals surface area contributed by atoms with Gasteiger partial charge < -0.3 is 5.32 Å². The summed E-state index contributed by atoms with van der Waals surface area (Å²) < 4.78 is 11.3. The highest BCUT2D eigenvalue weighted by molar-refractivity contribution is 7.85. The molecule has 1 aliphatic heterocycles. The Bertz CT molecular complexity index is 570. The molecule has 0 saturated carbocycles. The van der Waals surface area contributed by atoms with Gasteiger partial charge in [0.25, 0.3) is 0 Å². The largest absolute Gasteiger partial charge is 0.382 e. The standard InChI is InChI=1S/C17H19NOS/c19-20-12-10-17(11-13-20)18-16-8-6-15(7-9-16)14-4-2-1-3-5-14/h1-9,17-18H,10-13H2. The van der Waals surface area contributed by atoms with Gasteiger partial charge in [-0.2, -0.15) is 0 Å². The van der Waals surface area contributed by atoms with Crippen LogP contribution in [0.25, 0.3) is 11.1 Å². The quantitative estimate of drug-likeness (QED) is 0.932. The minimum absolute atomic E-state index is 0.468. The van der Waals surface area contributed by atoms with Crippen molar-refractivity contribution in [2.24, 2.45) is 0 Å². The Morgan fingerprint density at radius 3 is 2.10 bits per heavy atom. The maximum Gasteiger partial charge on any atom is 0.0342 e. The van der Waals surface area contributed by atoms with Gasteiger partial charge in [0.1, 0.15) is 0 Å². The van der Waals surface area contributed by atoms with Crippen molar-refractivity contribution in [3.63, 3.8) is 0 Å². The minimum atomic E-state index is -0.587. The first-order valence-corrected chi connectivity index (χ1v) is 8.57. The molecule has 104 valence electrons. The van der Waals surface area contributed by atoms with Gasteiger partial charge >= 0.3 is 0 Å². The second-order valence-corrected chi connectivity index (χ2v) is 6.91. The van der Waals surface area contributed by atoms with E-state index < -0.39 is 10.8 Å². The van der Waals surface area contributed by atoms with Crippen LogP contribution in [0, 0.1) is 0 Å². The van der Waals surface area contributed by atoms with Crippen LogP contribution in [0.5, 0.6) is 0 Å². The summed E-state index contributed by atoms with van der Waals surface area (Å²) in [5, 5.41) is 3.55. The molecule has 1 N–H and O–H groups in total. The first-order chi connectivity index (χ1) is 9.81. The van der Waals surface area contributed by atoms with Crippen molar-refractivity contribution < 1.29 is 4.21 Å². The summed E-state index contributed by atoms with van der Waals surface area (Å²) in [5.74, 6) is 1.67. The van der Waals surface area contributed by atoms with Gasteiger partial charge in [0.05, 0.1) is 0 Å². The molecule has 0 radical (unpaired) electrons. The lowest BCUT2D eigenvalue weighted by molar-refractivity contribution is 0.624. The van der Waals surface area contributed by atoms with Crippen LogP contribution in [-0.2, 0) is 10.8 Å². The van der Waals surface area contributed by atoms with Gasteiger partial charge in [0, 0.05) is 34.0 Å². The third-order valence-electron chi connectivity index (χ3n) is 3.75. The summed E-state index contributed by atoms with van der Waals surface area (Å²) in [4.78, 5) is 0. The Morgan fingerprint density at radius 1 is 0.850 bits per heavy atom. The van der Waals surface area contributed by atoms with Gasteiger partial charge in [-0.05, 0) is 36.1 Å². The van der Waals surface area contributed by atoms with Crippen molar-refractivity contribution in [2.75, 3.05) is 16.8 Å². The molecule has 3 rings (SSSR count). The van der Waals surface area contributed by atoms with E-state index in [4.69, 9.17) is 0 Å². The van der Waals surface area contributed by atoms with E-state index >= 15 is 0 Å². The van der Waals surface area contributed by atoms with Gasteiger partial charge in [-0.3, -0.25) is 4.21 Å². The highest BCUT2D eigenvalue weighted by Crippen LogP contribution is 2.22. The first-order valence-electron chi connectivity index (χ1n) is 7.08. The Labute approximate surface area is 122 Å². The lowest BCUT2D eigenvalue weighted by Crippen LogP contribution is -2.29. The Balaban J connectivity index is 1.66. The summed E-state index contributed by atoms with van der Waals surface area (Å²) >= 11 is 0. The molecule has 0 aromatic heterocycles. The van der Waals surface area contributed by atoms with E-state index in [1.807, 2.05) is 6.07 Å². The van der Waals surface area contributed by atoms with Crippen LogP contribution in [0.15, 0.2) is 54.6 Å². The van der Waals surface area contributed by atoms with E-state index in [0.29, 0.717) is 6.04 Å². The van der Waals surface area contributed by atoms with Crippen LogP contribution in [0.2, 0.25) is 0 Å². The molecule has 0 spiro atoms. The molecule has 2 aromatic carbocycles. The number of hydrogen-bond acceptors (Lipinski definition) is 2. The van der Waals surface area contributed by atoms with Crippen molar-refractivity contribution in [3.05, 3.63) is 54.6 Å². The summed E-state index contributed by atoms with van der Waals surface area (Å²) in [6.45, 7) is 0. The second-order valence-electron chi connectivity index (χ2n) is 5.21. The summed E-state index contributed by atoms with van der Waals surface area (Å²) in [5.41, 5.74) is 3.63. The third-order valence-corrected chi connectivity index (χ3v) is 5.13. The van der Waals surface area contributed by atoms with E-state index in [1.54, 1.807) is 0 Å². The number of nitrogens with one attached hydrogen (secondary N) is 1. The van der Waals surface area contributed by atoms with Crippen LogP contribution >= 0.6 is 0 Å². The van der Waals surface area contributed by atoms with E-state index in [1.165, 1.54) is 11.1 Å². The fraction of sp³-hybridized carbons (Fsp3) is 0.294. The third kappa shape index (κ3) is 3.28. The molecule has 0 atom stereocenters. The summed E-state index contributed by atoms with van der Waals surface area (Å²) in [6.07, 6.45) is 2.01. The molecule has 0 bridgehead atoms. The van der Waals surface area contributed by atoms with Crippen LogP contribution in [0.3, 0.4) is 0 Å². The molecule has 1 aliphatic rings. The van der Waals surface area contributed by atoms with Gasteiger partial charge in [0.15, 0.2) is 0 Å². The number of benzene rings is 2. The van der Waals surface area contributed by atoms with Gasteiger partial charge in [-0.15, -0.1) is 0 Å². The average molecular weight is 285 g/mol. The lowest BCUT2D eigenvalue weighted by atomic mass is 10.1. The zero-order chi connectivity index (χ0) is 13.8. The van der Waals surface area contributed by atoms with E-state index in [2.05, 4.69) is 53.8 Å². The number of rotatable bonds is 3. The van der Waals surface area contributed by atoms with Crippen molar-refractivity contribution in [3.8, 4) is 11.1 Å². The fourth-order valence-electron chi connectivity index (χ4n) is 2.56. The zero-order valence-electron chi connectivity index (χ0n) is 11.4. The Kier molecular flexibility index (Phi) is 4.16. The molecular weight excluding hydrogens is 266 g/mol. The first kappa shape index (κ1) is 13.4. The monoisotopic (exact) mass is 285 g/mol. The van der Waals surface area contributed by atoms with Crippen LogP contribution in [-0.4, -0.2) is 21.8 Å². The zero-order valence-corrected chi connectivity index (χ0v) is 12.2. The fourth-order valence-corrected chi connectivity index (χ4v) is 3.86. The van der Waals surface area contributed by atoms with Crippen molar-refractivity contribution in [1.29, 1.82) is 0 Å². The molecule has 0 aliphatic carbocycles. The summed E-state index contributed by atoms with van der Waals surface area (Å²) in [7, 11) is -0.587. The molecular formula is C17H19NOS. The molecule has 1 saturated heterocycles. The Hall–Kier alpha value is -1.61. The van der Waals surface area contributed by atoms with Crippen LogP contribution in [0.4, 0.5) is 5.69 Å². The SMILES string of the molecule is O=S1CCC(Nc2ccc(-c3ccccc3)cc2)CC1. The highest BCUT2D eigenvalue weighted by Gasteiger charge is 2.17. The predicted molar refractivity (Wildman–Crippen MR) is 86.4 cm³/mol. The molecule has 1 fully saturated rings. The van der Waals surface area contributed by atoms with Gasteiger partial charge in [0.2, 0.25) is 0 Å². The maximum atomic E-state index is 11.3. The van der Waals surface area contributed by atoms with E-state index in [9.17, 15) is 4.21 Å². The molecule has 1 heterocycles. The average Bonchev–Trinajstić information content (AvgIpc) is 2.51. The van der Waals surface area contributed by atoms with Crippen molar-refractivity contribution in [2.45, 2.75) is 18.9 Å². The second kappa shape index (κ2) is 6.23. The molecule has 2 nitrogen and oxygen atoms in total. The topological polar surface area (TPSA) is 29.1 Å². The predicted octanol–water partition coefficient (Wildman–Crippen LogP) is 3.68. The lowest BCUT2D eigenvalue weighted by Gasteiger charge is -2.23. The molecule has 3 heteroatoms. The molecule has 2 aromatic rings. The van der Waals surface area contributed by atoms with Crippen LogP contribution < -0.4 is 5.32 Å². The molecule has 20 heavy (non-hydrogen) atoms. The van der Waals surface area contributed by atoms with E-state index in [0.717, 1.165) is 30.0 Å². The smallest absolute Gasteiger partial charge is 0.0342 e. The maximum absolute atomic E-state index is 11.3. The molecule has 0 amide bonds. The molecule has 0 unspecified atom stereocenters. The van der Waals surface area contributed by atoms with E-state index in [-0.39, 0.29) is 0 Å². The summed E-state index contributed by atoms with van der Waals surface area (Å²) in [6, 6.07) is 19.4.